The minimum Gasteiger partial charge on any atom is -0.379 e. The molecule has 1 aliphatic rings. The highest BCUT2D eigenvalue weighted by Gasteiger charge is 2.31. The SMILES string of the molecule is Cc1ncc(CNC(=O)C2COCC2N)s1. The van der Waals surface area contributed by atoms with Crippen molar-refractivity contribution in [1.29, 1.82) is 0 Å². The molecule has 1 aromatic heterocycles. The quantitative estimate of drug-likeness (QED) is 0.783. The first kappa shape index (κ1) is 11.5. The summed E-state index contributed by atoms with van der Waals surface area (Å²) in [6.07, 6.45) is 1.78. The van der Waals surface area contributed by atoms with Crippen LogP contribution in [0.1, 0.15) is 9.88 Å². The molecular formula is C10H15N3O2S. The van der Waals surface area contributed by atoms with Crippen molar-refractivity contribution < 1.29 is 9.53 Å². The molecule has 2 heterocycles. The second-order valence-electron chi connectivity index (χ2n) is 3.87. The highest BCUT2D eigenvalue weighted by molar-refractivity contribution is 7.11. The van der Waals surface area contributed by atoms with E-state index in [1.165, 1.54) is 0 Å². The van der Waals surface area contributed by atoms with Gasteiger partial charge >= 0.3 is 0 Å². The Hall–Kier alpha value is -0.980. The van der Waals surface area contributed by atoms with Gasteiger partial charge in [-0.25, -0.2) is 4.98 Å². The molecule has 3 N–H and O–H groups in total. The summed E-state index contributed by atoms with van der Waals surface area (Å²) in [5.41, 5.74) is 5.76. The molecule has 2 atom stereocenters. The summed E-state index contributed by atoms with van der Waals surface area (Å²) in [4.78, 5) is 16.9. The number of ether oxygens (including phenoxy) is 1. The largest absolute Gasteiger partial charge is 0.379 e. The van der Waals surface area contributed by atoms with Crippen LogP contribution in [0.25, 0.3) is 0 Å². The Balaban J connectivity index is 1.83. The van der Waals surface area contributed by atoms with Crippen molar-refractivity contribution >= 4 is 17.2 Å². The van der Waals surface area contributed by atoms with Gasteiger partial charge in [0.15, 0.2) is 0 Å². The number of aryl methyl sites for hydroxylation is 1. The van der Waals surface area contributed by atoms with Crippen molar-refractivity contribution in [2.75, 3.05) is 13.2 Å². The number of nitrogens with zero attached hydrogens (tertiary/aromatic N) is 1. The molecule has 1 aliphatic heterocycles. The van der Waals surface area contributed by atoms with Gasteiger partial charge in [-0.3, -0.25) is 4.79 Å². The normalized spacial score (nSPS) is 24.6. The van der Waals surface area contributed by atoms with E-state index in [2.05, 4.69) is 10.3 Å². The van der Waals surface area contributed by atoms with Gasteiger partial charge in [0.1, 0.15) is 0 Å². The van der Waals surface area contributed by atoms with Gasteiger partial charge in [0, 0.05) is 17.1 Å². The Morgan fingerprint density at radius 3 is 3.12 bits per heavy atom. The van der Waals surface area contributed by atoms with Crippen LogP contribution in [-0.4, -0.2) is 30.1 Å². The van der Waals surface area contributed by atoms with Gasteiger partial charge in [-0.05, 0) is 6.92 Å². The molecule has 0 saturated carbocycles. The highest BCUT2D eigenvalue weighted by atomic mass is 32.1. The average Bonchev–Trinajstić information content (AvgIpc) is 2.84. The van der Waals surface area contributed by atoms with Crippen molar-refractivity contribution in [2.24, 2.45) is 11.7 Å². The number of carbonyl (C=O) groups excluding carboxylic acids is 1. The molecule has 6 heteroatoms. The van der Waals surface area contributed by atoms with Crippen LogP contribution >= 0.6 is 11.3 Å². The van der Waals surface area contributed by atoms with Gasteiger partial charge in [-0.15, -0.1) is 11.3 Å². The lowest BCUT2D eigenvalue weighted by Crippen LogP contribution is -2.40. The molecule has 1 aromatic rings. The van der Waals surface area contributed by atoms with E-state index < -0.39 is 0 Å². The minimum atomic E-state index is -0.214. The molecule has 2 rings (SSSR count). The molecule has 0 aromatic carbocycles. The molecule has 1 saturated heterocycles. The number of carbonyl (C=O) groups is 1. The van der Waals surface area contributed by atoms with E-state index in [9.17, 15) is 4.79 Å². The Morgan fingerprint density at radius 1 is 1.75 bits per heavy atom. The molecule has 2 unspecified atom stereocenters. The van der Waals surface area contributed by atoms with E-state index >= 15 is 0 Å². The first-order valence-electron chi connectivity index (χ1n) is 5.19. The maximum absolute atomic E-state index is 11.7. The van der Waals surface area contributed by atoms with Crippen molar-refractivity contribution in [3.8, 4) is 0 Å². The maximum atomic E-state index is 11.7. The number of hydrogen-bond acceptors (Lipinski definition) is 5. The van der Waals surface area contributed by atoms with Crippen LogP contribution in [0.15, 0.2) is 6.20 Å². The predicted molar refractivity (Wildman–Crippen MR) is 61.0 cm³/mol. The van der Waals surface area contributed by atoms with Crippen molar-refractivity contribution in [1.82, 2.24) is 10.3 Å². The monoisotopic (exact) mass is 241 g/mol. The van der Waals surface area contributed by atoms with Crippen LogP contribution < -0.4 is 11.1 Å². The van der Waals surface area contributed by atoms with E-state index in [4.69, 9.17) is 10.5 Å². The van der Waals surface area contributed by atoms with E-state index in [1.807, 2.05) is 6.92 Å². The summed E-state index contributed by atoms with van der Waals surface area (Å²) >= 11 is 1.58. The molecule has 0 spiro atoms. The summed E-state index contributed by atoms with van der Waals surface area (Å²) in [5, 5.41) is 3.86. The van der Waals surface area contributed by atoms with Gasteiger partial charge in [-0.1, -0.05) is 0 Å². The van der Waals surface area contributed by atoms with E-state index in [1.54, 1.807) is 17.5 Å². The molecular weight excluding hydrogens is 226 g/mol. The van der Waals surface area contributed by atoms with Crippen molar-refractivity contribution in [2.45, 2.75) is 19.5 Å². The van der Waals surface area contributed by atoms with E-state index in [0.717, 1.165) is 9.88 Å². The Bertz CT molecular complexity index is 380. The second-order valence-corrected chi connectivity index (χ2v) is 5.19. The zero-order valence-electron chi connectivity index (χ0n) is 9.10. The minimum absolute atomic E-state index is 0.0314. The molecule has 0 aliphatic carbocycles. The fourth-order valence-corrected chi connectivity index (χ4v) is 2.37. The Kier molecular flexibility index (Phi) is 3.52. The summed E-state index contributed by atoms with van der Waals surface area (Å²) in [7, 11) is 0. The second kappa shape index (κ2) is 4.90. The fraction of sp³-hybridized carbons (Fsp3) is 0.600. The van der Waals surface area contributed by atoms with Gasteiger partial charge in [-0.2, -0.15) is 0 Å². The Morgan fingerprint density at radius 2 is 2.56 bits per heavy atom. The van der Waals surface area contributed by atoms with E-state index in [-0.39, 0.29) is 17.9 Å². The first-order valence-corrected chi connectivity index (χ1v) is 6.01. The van der Waals surface area contributed by atoms with E-state index in [0.29, 0.717) is 19.8 Å². The summed E-state index contributed by atoms with van der Waals surface area (Å²) in [6, 6.07) is -0.178. The molecule has 5 nitrogen and oxygen atoms in total. The predicted octanol–water partition coefficient (Wildman–Crippen LogP) is 0.0414. The van der Waals surface area contributed by atoms with Crippen LogP contribution in [0.3, 0.4) is 0 Å². The summed E-state index contributed by atoms with van der Waals surface area (Å²) in [5.74, 6) is -0.245. The number of nitrogens with one attached hydrogen (secondary N) is 1. The third-order valence-electron chi connectivity index (χ3n) is 2.57. The third-order valence-corrected chi connectivity index (χ3v) is 3.48. The number of rotatable bonds is 3. The lowest BCUT2D eigenvalue weighted by molar-refractivity contribution is -0.125. The number of thiazole rings is 1. The van der Waals surface area contributed by atoms with Crippen LogP contribution in [0.2, 0.25) is 0 Å². The number of nitrogens with two attached hydrogens (primary N) is 1. The summed E-state index contributed by atoms with van der Waals surface area (Å²) < 4.78 is 5.15. The van der Waals surface area contributed by atoms with Gasteiger partial charge < -0.3 is 15.8 Å². The first-order chi connectivity index (χ1) is 7.66. The molecule has 88 valence electrons. The van der Waals surface area contributed by atoms with Gasteiger partial charge in [0.2, 0.25) is 5.91 Å². The van der Waals surface area contributed by atoms with Gasteiger partial charge in [0.05, 0.1) is 30.7 Å². The third kappa shape index (κ3) is 2.58. The van der Waals surface area contributed by atoms with Gasteiger partial charge in [0.25, 0.3) is 0 Å². The zero-order chi connectivity index (χ0) is 11.5. The molecule has 16 heavy (non-hydrogen) atoms. The van der Waals surface area contributed by atoms with Crippen LogP contribution in [0.4, 0.5) is 0 Å². The number of aromatic nitrogens is 1. The fourth-order valence-electron chi connectivity index (χ4n) is 1.63. The molecule has 0 radical (unpaired) electrons. The highest BCUT2D eigenvalue weighted by Crippen LogP contribution is 2.14. The Labute approximate surface area is 98.0 Å². The zero-order valence-corrected chi connectivity index (χ0v) is 9.92. The van der Waals surface area contributed by atoms with Crippen LogP contribution in [0, 0.1) is 12.8 Å². The lowest BCUT2D eigenvalue weighted by atomic mass is 10.0. The van der Waals surface area contributed by atoms with Crippen LogP contribution in [-0.2, 0) is 16.1 Å². The number of amides is 1. The maximum Gasteiger partial charge on any atom is 0.227 e. The number of hydrogen-bond donors (Lipinski definition) is 2. The molecule has 1 fully saturated rings. The van der Waals surface area contributed by atoms with Crippen LogP contribution in [0.5, 0.6) is 0 Å². The average molecular weight is 241 g/mol. The smallest absolute Gasteiger partial charge is 0.227 e. The topological polar surface area (TPSA) is 77.2 Å². The summed E-state index contributed by atoms with van der Waals surface area (Å²) in [6.45, 7) is 3.36. The molecule has 0 bridgehead atoms. The molecule has 1 amide bonds. The lowest BCUT2D eigenvalue weighted by Gasteiger charge is -2.12. The van der Waals surface area contributed by atoms with Crippen molar-refractivity contribution in [3.63, 3.8) is 0 Å². The standard InChI is InChI=1S/C10H15N3O2S/c1-6-12-2-7(16-6)3-13-10(14)8-4-15-5-9(8)11/h2,8-9H,3-5,11H2,1H3,(H,13,14). The van der Waals surface area contributed by atoms with Crippen molar-refractivity contribution in [3.05, 3.63) is 16.1 Å².